The molecule has 13 heteroatoms. The van der Waals surface area contributed by atoms with Crippen LogP contribution in [0.25, 0.3) is 6.08 Å². The summed E-state index contributed by atoms with van der Waals surface area (Å²) in [4.78, 5) is 24.2. The van der Waals surface area contributed by atoms with Gasteiger partial charge < -0.3 is 14.8 Å². The van der Waals surface area contributed by atoms with Crippen molar-refractivity contribution in [1.29, 1.82) is 0 Å². The molecule has 4 rings (SSSR count). The number of nitrogens with one attached hydrogen (secondary N) is 2. The number of amides is 2. The number of alkyl halides is 3. The molecule has 0 aliphatic carbocycles. The Balaban J connectivity index is 1.25. The van der Waals surface area contributed by atoms with Crippen LogP contribution in [-0.4, -0.2) is 34.6 Å². The number of ether oxygens (including phenoxy) is 2. The minimum absolute atomic E-state index is 0.0416. The minimum Gasteiger partial charge on any atom is -0.454 e. The van der Waals surface area contributed by atoms with Crippen LogP contribution in [0.1, 0.15) is 11.1 Å². The number of carbonyl (C=O) groups excluding carboxylic acids is 2. The third-order valence-corrected chi connectivity index (χ3v) is 6.23. The molecule has 34 heavy (non-hydrogen) atoms. The summed E-state index contributed by atoms with van der Waals surface area (Å²) in [5, 5.41) is 13.0. The molecule has 3 aromatic rings. The lowest BCUT2D eigenvalue weighted by atomic mass is 10.2. The smallest absolute Gasteiger partial charge is 0.416 e. The van der Waals surface area contributed by atoms with E-state index in [4.69, 9.17) is 9.47 Å². The normalized spacial score (nSPS) is 12.7. The third kappa shape index (κ3) is 6.26. The number of halogens is 3. The Kier molecular flexibility index (Phi) is 7.03. The Bertz CT molecular complexity index is 1250. The largest absolute Gasteiger partial charge is 0.454 e. The topological polar surface area (TPSA) is 102 Å². The number of hydrogen-bond acceptors (Lipinski definition) is 8. The average Bonchev–Trinajstić information content (AvgIpc) is 3.45. The van der Waals surface area contributed by atoms with E-state index in [-0.39, 0.29) is 23.4 Å². The second-order valence-electron chi connectivity index (χ2n) is 6.72. The summed E-state index contributed by atoms with van der Waals surface area (Å²) in [5.74, 6) is 0.224. The maximum absolute atomic E-state index is 12.8. The Hall–Kier alpha value is -3.58. The fourth-order valence-electron chi connectivity index (χ4n) is 2.75. The monoisotopic (exact) mass is 508 g/mol. The van der Waals surface area contributed by atoms with Gasteiger partial charge in [0.25, 0.3) is 0 Å². The molecule has 0 saturated carbocycles. The van der Waals surface area contributed by atoms with E-state index >= 15 is 0 Å². The number of carbonyl (C=O) groups is 2. The molecule has 0 spiro atoms. The van der Waals surface area contributed by atoms with Crippen LogP contribution < -0.4 is 20.1 Å². The number of aromatic nitrogens is 2. The molecule has 1 aliphatic heterocycles. The highest BCUT2D eigenvalue weighted by molar-refractivity contribution is 8.01. The summed E-state index contributed by atoms with van der Waals surface area (Å²) in [6.45, 7) is 0.160. The van der Waals surface area contributed by atoms with Crippen molar-refractivity contribution >= 4 is 51.8 Å². The summed E-state index contributed by atoms with van der Waals surface area (Å²) in [5.41, 5.74) is -0.0605. The lowest BCUT2D eigenvalue weighted by molar-refractivity contribution is -0.137. The molecule has 0 unspecified atom stereocenters. The van der Waals surface area contributed by atoms with E-state index in [1.54, 1.807) is 24.3 Å². The Labute approximate surface area is 199 Å². The molecule has 0 saturated heterocycles. The van der Waals surface area contributed by atoms with E-state index in [2.05, 4.69) is 20.8 Å². The number of fused-ring (bicyclic) bond motifs is 1. The van der Waals surface area contributed by atoms with E-state index in [9.17, 15) is 22.8 Å². The summed E-state index contributed by atoms with van der Waals surface area (Å²) < 4.78 is 49.3. The lowest BCUT2D eigenvalue weighted by Gasteiger charge is -2.09. The van der Waals surface area contributed by atoms with Gasteiger partial charge in [-0.25, -0.2) is 0 Å². The maximum atomic E-state index is 12.8. The van der Waals surface area contributed by atoms with E-state index in [1.165, 1.54) is 18.2 Å². The van der Waals surface area contributed by atoms with E-state index in [0.29, 0.717) is 15.8 Å². The van der Waals surface area contributed by atoms with Gasteiger partial charge in [-0.2, -0.15) is 13.2 Å². The van der Waals surface area contributed by atoms with Gasteiger partial charge in [0, 0.05) is 11.8 Å². The number of thioether (sulfide) groups is 1. The number of anilines is 2. The number of nitrogens with zero attached hydrogens (tertiary/aromatic N) is 2. The van der Waals surface area contributed by atoms with Gasteiger partial charge in [0.15, 0.2) is 15.8 Å². The molecule has 8 nitrogen and oxygen atoms in total. The molecule has 0 bridgehead atoms. The zero-order chi connectivity index (χ0) is 24.1. The van der Waals surface area contributed by atoms with Crippen LogP contribution >= 0.6 is 23.1 Å². The van der Waals surface area contributed by atoms with Gasteiger partial charge in [-0.1, -0.05) is 35.2 Å². The second kappa shape index (κ2) is 10.1. The standard InChI is InChI=1S/C21H15F3N4O4S2/c22-21(23,24)13-2-1-3-14(9-13)25-18(30)10-33-20-28-27-19(34-20)26-17(29)7-5-12-4-6-15-16(8-12)32-11-31-15/h1-9H,10-11H2,(H,25,30)(H,26,27,29)/b7-5+. The summed E-state index contributed by atoms with van der Waals surface area (Å²) in [6.07, 6.45) is -1.57. The Morgan fingerprint density at radius 1 is 1.09 bits per heavy atom. The van der Waals surface area contributed by atoms with E-state index < -0.39 is 23.6 Å². The lowest BCUT2D eigenvalue weighted by Crippen LogP contribution is -2.15. The highest BCUT2D eigenvalue weighted by Crippen LogP contribution is 2.33. The van der Waals surface area contributed by atoms with Crippen molar-refractivity contribution in [3.63, 3.8) is 0 Å². The molecular weight excluding hydrogens is 493 g/mol. The van der Waals surface area contributed by atoms with Crippen LogP contribution in [0.5, 0.6) is 11.5 Å². The molecular formula is C21H15F3N4O4S2. The fourth-order valence-corrected chi connectivity index (χ4v) is 4.31. The first-order chi connectivity index (χ1) is 16.3. The van der Waals surface area contributed by atoms with Crippen LogP contribution in [0, 0.1) is 0 Å². The molecule has 2 amide bonds. The van der Waals surface area contributed by atoms with Gasteiger partial charge >= 0.3 is 6.18 Å². The highest BCUT2D eigenvalue weighted by Gasteiger charge is 2.30. The van der Waals surface area contributed by atoms with Gasteiger partial charge in [0.2, 0.25) is 23.7 Å². The zero-order valence-corrected chi connectivity index (χ0v) is 18.7. The van der Waals surface area contributed by atoms with Crippen LogP contribution in [0.2, 0.25) is 0 Å². The summed E-state index contributed by atoms with van der Waals surface area (Å²) >= 11 is 2.11. The molecule has 1 aliphatic rings. The van der Waals surface area contributed by atoms with Crippen LogP contribution in [0.15, 0.2) is 52.9 Å². The van der Waals surface area contributed by atoms with Crippen molar-refractivity contribution in [1.82, 2.24) is 10.2 Å². The molecule has 2 aromatic carbocycles. The number of rotatable bonds is 7. The zero-order valence-electron chi connectivity index (χ0n) is 17.1. The van der Waals surface area contributed by atoms with E-state index in [0.717, 1.165) is 40.8 Å². The van der Waals surface area contributed by atoms with E-state index in [1.807, 2.05) is 0 Å². The van der Waals surface area contributed by atoms with Gasteiger partial charge in [0.1, 0.15) is 0 Å². The predicted molar refractivity (Wildman–Crippen MR) is 121 cm³/mol. The predicted octanol–water partition coefficient (Wildman–Crippen LogP) is 4.67. The highest BCUT2D eigenvalue weighted by atomic mass is 32.2. The number of hydrogen-bond donors (Lipinski definition) is 2. The average molecular weight is 509 g/mol. The molecule has 176 valence electrons. The first-order valence-corrected chi connectivity index (χ1v) is 11.4. The fraction of sp³-hybridized carbons (Fsp3) is 0.143. The number of benzene rings is 2. The first kappa shape index (κ1) is 23.6. The molecule has 1 aromatic heterocycles. The van der Waals surface area contributed by atoms with Crippen molar-refractivity contribution in [2.45, 2.75) is 10.5 Å². The van der Waals surface area contributed by atoms with Gasteiger partial charge in [-0.05, 0) is 42.0 Å². The molecule has 2 N–H and O–H groups in total. The van der Waals surface area contributed by atoms with Crippen molar-refractivity contribution in [2.75, 3.05) is 23.2 Å². The van der Waals surface area contributed by atoms with Gasteiger partial charge in [0.05, 0.1) is 11.3 Å². The summed E-state index contributed by atoms with van der Waals surface area (Å²) in [6, 6.07) is 9.64. The van der Waals surface area contributed by atoms with Gasteiger partial charge in [-0.3, -0.25) is 14.9 Å². The quantitative estimate of drug-likeness (QED) is 0.272. The first-order valence-electron chi connectivity index (χ1n) is 9.58. The third-order valence-electron chi connectivity index (χ3n) is 4.26. The molecule has 0 atom stereocenters. The SMILES string of the molecule is O=C(/C=C/c1ccc2c(c1)OCO2)Nc1nnc(SCC(=O)Nc2cccc(C(F)(F)F)c2)s1. The van der Waals surface area contributed by atoms with Crippen molar-refractivity contribution in [2.24, 2.45) is 0 Å². The van der Waals surface area contributed by atoms with Crippen LogP contribution in [0.4, 0.5) is 24.0 Å². The maximum Gasteiger partial charge on any atom is 0.416 e. The van der Waals surface area contributed by atoms with Crippen LogP contribution in [0.3, 0.4) is 0 Å². The van der Waals surface area contributed by atoms with Crippen LogP contribution in [-0.2, 0) is 15.8 Å². The molecule has 0 fully saturated rings. The minimum atomic E-state index is -4.50. The Morgan fingerprint density at radius 3 is 2.74 bits per heavy atom. The molecule has 0 radical (unpaired) electrons. The second-order valence-corrected chi connectivity index (χ2v) is 8.92. The molecule has 2 heterocycles. The van der Waals surface area contributed by atoms with Crippen molar-refractivity contribution in [3.05, 3.63) is 59.7 Å². The van der Waals surface area contributed by atoms with Crippen molar-refractivity contribution < 1.29 is 32.2 Å². The van der Waals surface area contributed by atoms with Gasteiger partial charge in [-0.15, -0.1) is 10.2 Å². The Morgan fingerprint density at radius 2 is 1.91 bits per heavy atom. The van der Waals surface area contributed by atoms with Crippen molar-refractivity contribution in [3.8, 4) is 11.5 Å². The summed E-state index contributed by atoms with van der Waals surface area (Å²) in [7, 11) is 0.